The molecule has 25 heavy (non-hydrogen) atoms. The van der Waals surface area contributed by atoms with Crippen LogP contribution in [0.3, 0.4) is 0 Å². The number of hydrogen-bond donors (Lipinski definition) is 1. The molecule has 0 aliphatic rings. The third kappa shape index (κ3) is 3.74. The smallest absolute Gasteiger partial charge is 0.341 e. The zero-order valence-corrected chi connectivity index (χ0v) is 15.4. The first-order chi connectivity index (χ1) is 11.9. The van der Waals surface area contributed by atoms with Crippen molar-refractivity contribution in [1.82, 2.24) is 4.90 Å². The van der Waals surface area contributed by atoms with Gasteiger partial charge < -0.3 is 19.4 Å². The maximum Gasteiger partial charge on any atom is 0.341 e. The van der Waals surface area contributed by atoms with Crippen molar-refractivity contribution in [3.63, 3.8) is 0 Å². The van der Waals surface area contributed by atoms with Crippen molar-refractivity contribution in [2.24, 2.45) is 0 Å². The second-order valence-electron chi connectivity index (χ2n) is 5.16. The lowest BCUT2D eigenvalue weighted by atomic mass is 10.1. The Morgan fingerprint density at radius 3 is 2.48 bits per heavy atom. The van der Waals surface area contributed by atoms with Crippen LogP contribution in [-0.4, -0.2) is 42.9 Å². The van der Waals surface area contributed by atoms with Crippen molar-refractivity contribution in [3.8, 4) is 0 Å². The molecule has 0 aliphatic heterocycles. The Morgan fingerprint density at radius 1 is 1.28 bits per heavy atom. The molecule has 2 aromatic heterocycles. The van der Waals surface area contributed by atoms with Crippen LogP contribution in [0.25, 0.3) is 0 Å². The van der Waals surface area contributed by atoms with Crippen molar-refractivity contribution in [2.45, 2.75) is 20.8 Å². The molecule has 2 rings (SSSR count). The molecule has 0 spiro atoms. The predicted octanol–water partition coefficient (Wildman–Crippen LogP) is 3.17. The van der Waals surface area contributed by atoms with Crippen LogP contribution >= 0.6 is 11.3 Å². The van der Waals surface area contributed by atoms with E-state index in [9.17, 15) is 14.4 Å². The van der Waals surface area contributed by atoms with Crippen molar-refractivity contribution < 1.29 is 23.5 Å². The average Bonchev–Trinajstić information content (AvgIpc) is 3.23. The molecule has 2 aromatic rings. The number of anilines is 1. The van der Waals surface area contributed by atoms with Gasteiger partial charge in [0.25, 0.3) is 11.8 Å². The average molecular weight is 364 g/mol. The molecule has 2 amide bonds. The Morgan fingerprint density at radius 2 is 1.96 bits per heavy atom. The monoisotopic (exact) mass is 364 g/mol. The fourth-order valence-corrected chi connectivity index (χ4v) is 3.54. The zero-order chi connectivity index (χ0) is 18.6. The number of rotatable bonds is 6. The standard InChI is InChI=1S/C17H20N2O5S/c1-5-19(6-2)16(21)13-10(3)12(17(22)23-4)15(25-13)18-14(20)11-8-7-9-24-11/h7-9H,5-6H2,1-4H3,(H,18,20). The van der Waals surface area contributed by atoms with E-state index in [-0.39, 0.29) is 22.2 Å². The van der Waals surface area contributed by atoms with Gasteiger partial charge in [-0.25, -0.2) is 4.79 Å². The molecule has 0 unspecified atom stereocenters. The molecule has 0 saturated carbocycles. The van der Waals surface area contributed by atoms with Crippen LogP contribution in [0.4, 0.5) is 5.00 Å². The van der Waals surface area contributed by atoms with E-state index in [2.05, 4.69) is 5.32 Å². The molecule has 0 bridgehead atoms. The topological polar surface area (TPSA) is 88.9 Å². The molecular weight excluding hydrogens is 344 g/mol. The highest BCUT2D eigenvalue weighted by atomic mass is 32.1. The highest BCUT2D eigenvalue weighted by Gasteiger charge is 2.28. The summed E-state index contributed by atoms with van der Waals surface area (Å²) in [7, 11) is 1.25. The second-order valence-corrected chi connectivity index (χ2v) is 6.18. The van der Waals surface area contributed by atoms with Crippen LogP contribution in [0.15, 0.2) is 22.8 Å². The van der Waals surface area contributed by atoms with Gasteiger partial charge in [0, 0.05) is 13.1 Å². The first-order valence-electron chi connectivity index (χ1n) is 7.80. The summed E-state index contributed by atoms with van der Waals surface area (Å²) in [4.78, 5) is 39.1. The Bertz CT molecular complexity index is 775. The number of hydrogen-bond acceptors (Lipinski definition) is 6. The first-order valence-corrected chi connectivity index (χ1v) is 8.61. The molecule has 0 aliphatic carbocycles. The number of nitrogens with one attached hydrogen (secondary N) is 1. The molecular formula is C17H20N2O5S. The van der Waals surface area contributed by atoms with Gasteiger partial charge in [0.1, 0.15) is 5.00 Å². The SMILES string of the molecule is CCN(CC)C(=O)c1sc(NC(=O)c2ccco2)c(C(=O)OC)c1C. The van der Waals surface area contributed by atoms with E-state index in [0.29, 0.717) is 23.5 Å². The van der Waals surface area contributed by atoms with Crippen LogP contribution in [0.1, 0.15) is 50.0 Å². The zero-order valence-electron chi connectivity index (χ0n) is 14.5. The van der Waals surface area contributed by atoms with Crippen LogP contribution in [0.5, 0.6) is 0 Å². The van der Waals surface area contributed by atoms with Gasteiger partial charge in [-0.05, 0) is 38.5 Å². The van der Waals surface area contributed by atoms with Gasteiger partial charge in [-0.1, -0.05) is 0 Å². The fraction of sp³-hybridized carbons (Fsp3) is 0.353. The number of carbonyl (C=O) groups excluding carboxylic acids is 3. The van der Waals surface area contributed by atoms with E-state index in [0.717, 1.165) is 11.3 Å². The number of amides is 2. The molecule has 0 saturated heterocycles. The Balaban J connectivity index is 2.44. The summed E-state index contributed by atoms with van der Waals surface area (Å²) in [6.45, 7) is 6.53. The van der Waals surface area contributed by atoms with E-state index in [1.54, 1.807) is 17.9 Å². The Kier molecular flexibility index (Phi) is 5.97. The minimum absolute atomic E-state index is 0.110. The third-order valence-corrected chi connectivity index (χ3v) is 4.95. The lowest BCUT2D eigenvalue weighted by molar-refractivity contribution is 0.0601. The number of nitrogens with zero attached hydrogens (tertiary/aromatic N) is 1. The first kappa shape index (κ1) is 18.7. The largest absolute Gasteiger partial charge is 0.465 e. The van der Waals surface area contributed by atoms with Gasteiger partial charge in [-0.3, -0.25) is 9.59 Å². The van der Waals surface area contributed by atoms with Crippen LogP contribution in [0, 0.1) is 6.92 Å². The van der Waals surface area contributed by atoms with E-state index in [1.807, 2.05) is 13.8 Å². The van der Waals surface area contributed by atoms with E-state index in [1.165, 1.54) is 19.4 Å². The number of methoxy groups -OCH3 is 1. The quantitative estimate of drug-likeness (QED) is 0.795. The maximum atomic E-state index is 12.7. The molecule has 0 aromatic carbocycles. The minimum Gasteiger partial charge on any atom is -0.465 e. The van der Waals surface area contributed by atoms with Crippen molar-refractivity contribution in [1.29, 1.82) is 0 Å². The van der Waals surface area contributed by atoms with Gasteiger partial charge in [-0.2, -0.15) is 0 Å². The van der Waals surface area contributed by atoms with E-state index < -0.39 is 11.9 Å². The summed E-state index contributed by atoms with van der Waals surface area (Å²) in [6.07, 6.45) is 1.38. The van der Waals surface area contributed by atoms with E-state index >= 15 is 0 Å². The van der Waals surface area contributed by atoms with Crippen LogP contribution < -0.4 is 5.32 Å². The molecule has 8 heteroatoms. The summed E-state index contributed by atoms with van der Waals surface area (Å²) >= 11 is 1.06. The molecule has 0 radical (unpaired) electrons. The maximum absolute atomic E-state index is 12.7. The number of carbonyl (C=O) groups is 3. The Labute approximate surface area is 149 Å². The summed E-state index contributed by atoms with van der Waals surface area (Å²) < 4.78 is 9.86. The third-order valence-electron chi connectivity index (χ3n) is 3.75. The van der Waals surface area contributed by atoms with Crippen molar-refractivity contribution in [2.75, 3.05) is 25.5 Å². The lowest BCUT2D eigenvalue weighted by Gasteiger charge is -2.17. The molecule has 1 N–H and O–H groups in total. The van der Waals surface area contributed by atoms with Crippen LogP contribution in [-0.2, 0) is 4.74 Å². The van der Waals surface area contributed by atoms with Crippen molar-refractivity contribution in [3.05, 3.63) is 40.2 Å². The molecule has 2 heterocycles. The van der Waals surface area contributed by atoms with Gasteiger partial charge in [-0.15, -0.1) is 11.3 Å². The molecule has 0 atom stereocenters. The number of furan rings is 1. The summed E-state index contributed by atoms with van der Waals surface area (Å²) in [6, 6.07) is 3.10. The highest BCUT2D eigenvalue weighted by molar-refractivity contribution is 7.18. The second kappa shape index (κ2) is 7.98. The van der Waals surface area contributed by atoms with Gasteiger partial charge >= 0.3 is 5.97 Å². The summed E-state index contributed by atoms with van der Waals surface area (Å²) in [5, 5.41) is 2.90. The lowest BCUT2D eigenvalue weighted by Crippen LogP contribution is -2.30. The predicted molar refractivity (Wildman–Crippen MR) is 94.3 cm³/mol. The van der Waals surface area contributed by atoms with Gasteiger partial charge in [0.2, 0.25) is 0 Å². The molecule has 134 valence electrons. The summed E-state index contributed by atoms with van der Waals surface area (Å²) in [5.74, 6) is -1.19. The van der Waals surface area contributed by atoms with Crippen molar-refractivity contribution >= 4 is 34.1 Å². The molecule has 7 nitrogen and oxygen atoms in total. The highest BCUT2D eigenvalue weighted by Crippen LogP contribution is 2.34. The minimum atomic E-state index is -0.609. The number of esters is 1. The van der Waals surface area contributed by atoms with Gasteiger partial charge in [0.05, 0.1) is 23.8 Å². The Hall–Kier alpha value is -2.61. The van der Waals surface area contributed by atoms with Gasteiger partial charge in [0.15, 0.2) is 5.76 Å². The fourth-order valence-electron chi connectivity index (χ4n) is 2.38. The van der Waals surface area contributed by atoms with E-state index in [4.69, 9.17) is 9.15 Å². The molecule has 0 fully saturated rings. The number of thiophene rings is 1. The normalized spacial score (nSPS) is 10.4. The summed E-state index contributed by atoms with van der Waals surface area (Å²) in [5.41, 5.74) is 0.673. The number of ether oxygens (including phenoxy) is 1. The van der Waals surface area contributed by atoms with Crippen LogP contribution in [0.2, 0.25) is 0 Å².